The standard InChI is InChI=1S/C17H18BrFO/c18-15-10-11(5-8-16(15)19)9-13-6-7-14(17(13)20)12-3-1-2-4-12/h5,8-10,12,14H,1-4,6-7H2/b13-9-/t14-/m1/s1. The summed E-state index contributed by atoms with van der Waals surface area (Å²) in [6.07, 6.45) is 8.78. The summed E-state index contributed by atoms with van der Waals surface area (Å²) in [4.78, 5) is 12.5. The first kappa shape index (κ1) is 14.0. The van der Waals surface area contributed by atoms with Crippen molar-refractivity contribution < 1.29 is 9.18 Å². The Morgan fingerprint density at radius 2 is 1.95 bits per heavy atom. The van der Waals surface area contributed by atoms with Crippen molar-refractivity contribution in [2.45, 2.75) is 38.5 Å². The van der Waals surface area contributed by atoms with E-state index in [4.69, 9.17) is 0 Å². The average Bonchev–Trinajstić information content (AvgIpc) is 3.05. The Morgan fingerprint density at radius 3 is 2.65 bits per heavy atom. The van der Waals surface area contributed by atoms with Crippen molar-refractivity contribution in [1.29, 1.82) is 0 Å². The third-order valence-corrected chi connectivity index (χ3v) is 5.24. The summed E-state index contributed by atoms with van der Waals surface area (Å²) in [6, 6.07) is 4.89. The zero-order chi connectivity index (χ0) is 14.1. The molecule has 0 aromatic heterocycles. The van der Waals surface area contributed by atoms with E-state index in [0.29, 0.717) is 16.2 Å². The zero-order valence-electron chi connectivity index (χ0n) is 11.4. The van der Waals surface area contributed by atoms with E-state index in [9.17, 15) is 9.18 Å². The number of hydrogen-bond acceptors (Lipinski definition) is 1. The molecular weight excluding hydrogens is 319 g/mol. The molecule has 0 spiro atoms. The molecule has 0 heterocycles. The minimum absolute atomic E-state index is 0.243. The van der Waals surface area contributed by atoms with Crippen LogP contribution in [0.5, 0.6) is 0 Å². The van der Waals surface area contributed by atoms with E-state index in [1.54, 1.807) is 12.1 Å². The topological polar surface area (TPSA) is 17.1 Å². The van der Waals surface area contributed by atoms with Crippen LogP contribution in [0.25, 0.3) is 6.08 Å². The molecule has 1 aromatic carbocycles. The van der Waals surface area contributed by atoms with Crippen LogP contribution in [0.1, 0.15) is 44.1 Å². The highest BCUT2D eigenvalue weighted by molar-refractivity contribution is 9.10. The predicted octanol–water partition coefficient (Wildman–Crippen LogP) is 5.14. The smallest absolute Gasteiger partial charge is 0.162 e. The number of hydrogen-bond donors (Lipinski definition) is 0. The summed E-state index contributed by atoms with van der Waals surface area (Å²) in [6.45, 7) is 0. The van der Waals surface area contributed by atoms with Gasteiger partial charge < -0.3 is 0 Å². The lowest BCUT2D eigenvalue weighted by molar-refractivity contribution is -0.119. The molecule has 0 N–H and O–H groups in total. The van der Waals surface area contributed by atoms with Gasteiger partial charge in [-0.1, -0.05) is 18.9 Å². The van der Waals surface area contributed by atoms with Crippen molar-refractivity contribution in [3.8, 4) is 0 Å². The van der Waals surface area contributed by atoms with Gasteiger partial charge in [0, 0.05) is 5.92 Å². The molecular formula is C17H18BrFO. The average molecular weight is 337 g/mol. The van der Waals surface area contributed by atoms with E-state index in [0.717, 1.165) is 24.0 Å². The number of Topliss-reactive ketones (excluding diaryl/α,β-unsaturated/α-hetero) is 1. The fourth-order valence-corrected chi connectivity index (χ4v) is 3.96. The van der Waals surface area contributed by atoms with Crippen LogP contribution in [0.2, 0.25) is 0 Å². The molecule has 0 aliphatic heterocycles. The minimum atomic E-state index is -0.270. The molecule has 3 heteroatoms. The number of rotatable bonds is 2. The second-order valence-electron chi connectivity index (χ2n) is 5.90. The van der Waals surface area contributed by atoms with E-state index in [1.165, 1.54) is 31.7 Å². The SMILES string of the molecule is O=C1/C(=C\c2ccc(F)c(Br)c2)CC[C@@H]1C1CCCC1. The highest BCUT2D eigenvalue weighted by atomic mass is 79.9. The summed E-state index contributed by atoms with van der Waals surface area (Å²) in [7, 11) is 0. The normalized spacial score (nSPS) is 25.8. The van der Waals surface area contributed by atoms with Crippen LogP contribution in [0.15, 0.2) is 28.2 Å². The van der Waals surface area contributed by atoms with Crippen molar-refractivity contribution in [3.05, 3.63) is 39.6 Å². The van der Waals surface area contributed by atoms with Crippen LogP contribution in [-0.2, 0) is 4.79 Å². The highest BCUT2D eigenvalue weighted by Gasteiger charge is 2.36. The molecule has 0 saturated heterocycles. The third kappa shape index (κ3) is 2.73. The molecule has 0 unspecified atom stereocenters. The van der Waals surface area contributed by atoms with E-state index in [-0.39, 0.29) is 11.7 Å². The monoisotopic (exact) mass is 336 g/mol. The van der Waals surface area contributed by atoms with Gasteiger partial charge in [0.2, 0.25) is 0 Å². The maximum Gasteiger partial charge on any atom is 0.162 e. The van der Waals surface area contributed by atoms with Gasteiger partial charge in [0.05, 0.1) is 4.47 Å². The first-order chi connectivity index (χ1) is 9.65. The summed E-state index contributed by atoms with van der Waals surface area (Å²) < 4.78 is 13.7. The van der Waals surface area contributed by atoms with Gasteiger partial charge in [-0.25, -0.2) is 4.39 Å². The molecule has 2 aliphatic carbocycles. The van der Waals surface area contributed by atoms with E-state index >= 15 is 0 Å². The fraction of sp³-hybridized carbons (Fsp3) is 0.471. The van der Waals surface area contributed by atoms with Crippen molar-refractivity contribution in [3.63, 3.8) is 0 Å². The summed E-state index contributed by atoms with van der Waals surface area (Å²) in [5.41, 5.74) is 1.81. The zero-order valence-corrected chi connectivity index (χ0v) is 13.0. The maximum absolute atomic E-state index is 13.2. The van der Waals surface area contributed by atoms with Crippen LogP contribution in [-0.4, -0.2) is 5.78 Å². The van der Waals surface area contributed by atoms with Crippen LogP contribution < -0.4 is 0 Å². The molecule has 2 aliphatic rings. The number of carbonyl (C=O) groups is 1. The van der Waals surface area contributed by atoms with Gasteiger partial charge in [-0.2, -0.15) is 0 Å². The summed E-state index contributed by atoms with van der Waals surface area (Å²) >= 11 is 3.19. The molecule has 0 radical (unpaired) electrons. The third-order valence-electron chi connectivity index (χ3n) is 4.63. The largest absolute Gasteiger partial charge is 0.294 e. The van der Waals surface area contributed by atoms with Crippen LogP contribution in [0.3, 0.4) is 0 Å². The molecule has 0 bridgehead atoms. The lowest BCUT2D eigenvalue weighted by atomic mass is 9.88. The molecule has 2 fully saturated rings. The number of halogens is 2. The van der Waals surface area contributed by atoms with E-state index < -0.39 is 0 Å². The molecule has 3 rings (SSSR count). The molecule has 106 valence electrons. The summed E-state index contributed by atoms with van der Waals surface area (Å²) in [5, 5.41) is 0. The Kier molecular flexibility index (Phi) is 4.06. The van der Waals surface area contributed by atoms with Crippen molar-refractivity contribution in [1.82, 2.24) is 0 Å². The quantitative estimate of drug-likeness (QED) is 0.683. The van der Waals surface area contributed by atoms with Gasteiger partial charge >= 0.3 is 0 Å². The summed E-state index contributed by atoms with van der Waals surface area (Å²) in [5.74, 6) is 0.909. The van der Waals surface area contributed by atoms with Crippen LogP contribution in [0, 0.1) is 17.7 Å². The molecule has 1 nitrogen and oxygen atoms in total. The first-order valence-corrected chi connectivity index (χ1v) is 8.14. The highest BCUT2D eigenvalue weighted by Crippen LogP contribution is 2.40. The molecule has 2 saturated carbocycles. The number of ketones is 1. The molecule has 20 heavy (non-hydrogen) atoms. The molecule has 1 aromatic rings. The lowest BCUT2D eigenvalue weighted by Crippen LogP contribution is -2.16. The Balaban J connectivity index is 1.78. The van der Waals surface area contributed by atoms with Crippen LogP contribution in [0.4, 0.5) is 4.39 Å². The Bertz CT molecular complexity index is 558. The van der Waals surface area contributed by atoms with Crippen molar-refractivity contribution >= 4 is 27.8 Å². The predicted molar refractivity (Wildman–Crippen MR) is 81.8 cm³/mol. The number of carbonyl (C=O) groups excluding carboxylic acids is 1. The van der Waals surface area contributed by atoms with Gasteiger partial charge in [-0.3, -0.25) is 4.79 Å². The Morgan fingerprint density at radius 1 is 1.20 bits per heavy atom. The fourth-order valence-electron chi connectivity index (χ4n) is 3.56. The maximum atomic E-state index is 13.2. The molecule has 1 atom stereocenters. The second kappa shape index (κ2) is 5.80. The second-order valence-corrected chi connectivity index (χ2v) is 6.75. The van der Waals surface area contributed by atoms with Gasteiger partial charge in [0.15, 0.2) is 5.78 Å². The number of benzene rings is 1. The van der Waals surface area contributed by atoms with Crippen LogP contribution >= 0.6 is 15.9 Å². The first-order valence-electron chi connectivity index (χ1n) is 7.35. The Labute approximate surface area is 127 Å². The number of allylic oxidation sites excluding steroid dienone is 1. The van der Waals surface area contributed by atoms with Crippen molar-refractivity contribution in [2.75, 3.05) is 0 Å². The lowest BCUT2D eigenvalue weighted by Gasteiger charge is -2.15. The molecule has 0 amide bonds. The van der Waals surface area contributed by atoms with Gasteiger partial charge in [0.25, 0.3) is 0 Å². The Hall–Kier alpha value is -0.960. The minimum Gasteiger partial charge on any atom is -0.294 e. The van der Waals surface area contributed by atoms with Gasteiger partial charge in [0.1, 0.15) is 5.82 Å². The van der Waals surface area contributed by atoms with Gasteiger partial charge in [-0.15, -0.1) is 0 Å². The van der Waals surface area contributed by atoms with Crippen molar-refractivity contribution in [2.24, 2.45) is 11.8 Å². The van der Waals surface area contributed by atoms with E-state index in [2.05, 4.69) is 15.9 Å². The van der Waals surface area contributed by atoms with Gasteiger partial charge in [-0.05, 0) is 76.9 Å². The van der Waals surface area contributed by atoms with E-state index in [1.807, 2.05) is 6.08 Å².